The van der Waals surface area contributed by atoms with E-state index in [0.29, 0.717) is 0 Å². The average molecular weight is 198 g/mol. The zero-order chi connectivity index (χ0) is 10.4. The molecule has 5 heteroatoms. The van der Waals surface area contributed by atoms with Crippen molar-refractivity contribution < 1.29 is 4.74 Å². The van der Waals surface area contributed by atoms with Gasteiger partial charge in [-0.3, -0.25) is 16.0 Å². The highest BCUT2D eigenvalue weighted by atomic mass is 16.5. The molecule has 1 aromatic rings. The Balaban J connectivity index is 2.50. The molecule has 3 N–H and O–H groups in total. The maximum absolute atomic E-state index is 5.48. The molecule has 0 aliphatic heterocycles. The van der Waals surface area contributed by atoms with E-state index in [4.69, 9.17) is 10.6 Å². The van der Waals surface area contributed by atoms with Crippen molar-refractivity contribution in [3.8, 4) is 0 Å². The van der Waals surface area contributed by atoms with Gasteiger partial charge >= 0.3 is 0 Å². The van der Waals surface area contributed by atoms with Crippen molar-refractivity contribution in [2.45, 2.75) is 18.9 Å². The molecule has 1 heterocycles. The van der Waals surface area contributed by atoms with Crippen LogP contribution in [-0.4, -0.2) is 23.5 Å². The highest BCUT2D eigenvalue weighted by molar-refractivity contribution is 5.05. The topological polar surface area (TPSA) is 65.1 Å². The second-order valence-corrected chi connectivity index (χ2v) is 3.23. The van der Waals surface area contributed by atoms with E-state index in [0.717, 1.165) is 25.1 Å². The molecular formula is C9H18N4O. The van der Waals surface area contributed by atoms with Gasteiger partial charge in [-0.05, 0) is 18.9 Å². The zero-order valence-electron chi connectivity index (χ0n) is 8.73. The van der Waals surface area contributed by atoms with E-state index in [1.807, 2.05) is 17.8 Å². The predicted molar refractivity (Wildman–Crippen MR) is 54.4 cm³/mol. The summed E-state index contributed by atoms with van der Waals surface area (Å²) in [6.45, 7) is 0.760. The average Bonchev–Trinajstić information content (AvgIpc) is 2.60. The lowest BCUT2D eigenvalue weighted by Gasteiger charge is -2.15. The van der Waals surface area contributed by atoms with Gasteiger partial charge in [0, 0.05) is 27.0 Å². The molecular weight excluding hydrogens is 180 g/mol. The first-order valence-corrected chi connectivity index (χ1v) is 4.72. The Bertz CT molecular complexity index is 261. The molecule has 1 atom stereocenters. The molecule has 0 bridgehead atoms. The van der Waals surface area contributed by atoms with Crippen molar-refractivity contribution in [1.82, 2.24) is 15.2 Å². The first-order chi connectivity index (χ1) is 6.79. The van der Waals surface area contributed by atoms with Crippen LogP contribution in [-0.2, 0) is 11.8 Å². The minimum atomic E-state index is 0.151. The summed E-state index contributed by atoms with van der Waals surface area (Å²) >= 11 is 0. The monoisotopic (exact) mass is 198 g/mol. The quantitative estimate of drug-likeness (QED) is 0.393. The van der Waals surface area contributed by atoms with E-state index in [9.17, 15) is 0 Å². The molecule has 0 saturated heterocycles. The number of ether oxygens (including phenoxy) is 1. The van der Waals surface area contributed by atoms with Gasteiger partial charge in [0.05, 0.1) is 11.7 Å². The SMILES string of the molecule is COCCCC(NN)c1ccnn1C. The van der Waals surface area contributed by atoms with Crippen LogP contribution < -0.4 is 11.3 Å². The highest BCUT2D eigenvalue weighted by Gasteiger charge is 2.12. The van der Waals surface area contributed by atoms with Crippen molar-refractivity contribution in [3.63, 3.8) is 0 Å². The molecule has 1 rings (SSSR count). The fourth-order valence-electron chi connectivity index (χ4n) is 1.47. The van der Waals surface area contributed by atoms with Crippen LogP contribution in [0, 0.1) is 0 Å². The summed E-state index contributed by atoms with van der Waals surface area (Å²) < 4.78 is 6.82. The van der Waals surface area contributed by atoms with E-state index < -0.39 is 0 Å². The van der Waals surface area contributed by atoms with Gasteiger partial charge in [0.1, 0.15) is 0 Å². The van der Waals surface area contributed by atoms with E-state index >= 15 is 0 Å². The van der Waals surface area contributed by atoms with Crippen LogP contribution in [0.15, 0.2) is 12.3 Å². The molecule has 1 unspecified atom stereocenters. The lowest BCUT2D eigenvalue weighted by Crippen LogP contribution is -2.29. The summed E-state index contributed by atoms with van der Waals surface area (Å²) in [7, 11) is 3.62. The number of hydrogen-bond donors (Lipinski definition) is 2. The van der Waals surface area contributed by atoms with Gasteiger partial charge in [-0.2, -0.15) is 5.10 Å². The van der Waals surface area contributed by atoms with Crippen LogP contribution in [0.3, 0.4) is 0 Å². The molecule has 0 aliphatic carbocycles. The van der Waals surface area contributed by atoms with Gasteiger partial charge in [-0.15, -0.1) is 0 Å². The number of nitrogens with zero attached hydrogens (tertiary/aromatic N) is 2. The first-order valence-electron chi connectivity index (χ1n) is 4.72. The van der Waals surface area contributed by atoms with Crippen molar-refractivity contribution >= 4 is 0 Å². The minimum absolute atomic E-state index is 0.151. The molecule has 0 radical (unpaired) electrons. The van der Waals surface area contributed by atoms with E-state index in [-0.39, 0.29) is 6.04 Å². The Kier molecular flexibility index (Phi) is 4.58. The van der Waals surface area contributed by atoms with Gasteiger partial charge in [-0.25, -0.2) is 0 Å². The van der Waals surface area contributed by atoms with Crippen molar-refractivity contribution in [1.29, 1.82) is 0 Å². The number of hydrazine groups is 1. The van der Waals surface area contributed by atoms with Crippen LogP contribution in [0.1, 0.15) is 24.6 Å². The number of hydrogen-bond acceptors (Lipinski definition) is 4. The fourth-order valence-corrected chi connectivity index (χ4v) is 1.47. The normalized spacial score (nSPS) is 13.1. The number of methoxy groups -OCH3 is 1. The summed E-state index contributed by atoms with van der Waals surface area (Å²) in [5, 5.41) is 4.10. The van der Waals surface area contributed by atoms with Gasteiger partial charge in [-0.1, -0.05) is 0 Å². The predicted octanol–water partition coefficient (Wildman–Crippen LogP) is 0.351. The molecule has 0 fully saturated rings. The van der Waals surface area contributed by atoms with Gasteiger partial charge in [0.25, 0.3) is 0 Å². The second-order valence-electron chi connectivity index (χ2n) is 3.23. The molecule has 0 spiro atoms. The van der Waals surface area contributed by atoms with Crippen molar-refractivity contribution in [2.24, 2.45) is 12.9 Å². The summed E-state index contributed by atoms with van der Waals surface area (Å²) in [5.74, 6) is 5.48. The molecule has 80 valence electrons. The maximum Gasteiger partial charge on any atom is 0.0629 e. The Hall–Kier alpha value is -0.910. The van der Waals surface area contributed by atoms with Gasteiger partial charge in [0.15, 0.2) is 0 Å². The summed E-state index contributed by atoms with van der Waals surface area (Å²) in [6, 6.07) is 2.12. The number of aromatic nitrogens is 2. The summed E-state index contributed by atoms with van der Waals surface area (Å²) in [4.78, 5) is 0. The smallest absolute Gasteiger partial charge is 0.0629 e. The molecule has 0 aromatic carbocycles. The third-order valence-corrected chi connectivity index (χ3v) is 2.26. The molecule has 0 amide bonds. The molecule has 5 nitrogen and oxygen atoms in total. The Morgan fingerprint density at radius 3 is 3.00 bits per heavy atom. The molecule has 14 heavy (non-hydrogen) atoms. The van der Waals surface area contributed by atoms with E-state index in [1.54, 1.807) is 13.3 Å². The van der Waals surface area contributed by atoms with Crippen LogP contribution in [0.4, 0.5) is 0 Å². The van der Waals surface area contributed by atoms with Crippen molar-refractivity contribution in [3.05, 3.63) is 18.0 Å². The maximum atomic E-state index is 5.48. The summed E-state index contributed by atoms with van der Waals surface area (Å²) in [6.07, 6.45) is 3.70. The minimum Gasteiger partial charge on any atom is -0.385 e. The van der Waals surface area contributed by atoms with E-state index in [1.165, 1.54) is 0 Å². The van der Waals surface area contributed by atoms with Crippen LogP contribution in [0.5, 0.6) is 0 Å². The highest BCUT2D eigenvalue weighted by Crippen LogP contribution is 2.16. The Morgan fingerprint density at radius 2 is 2.50 bits per heavy atom. The number of nitrogens with two attached hydrogens (primary N) is 1. The Morgan fingerprint density at radius 1 is 1.71 bits per heavy atom. The van der Waals surface area contributed by atoms with Gasteiger partial charge < -0.3 is 4.74 Å². The first kappa shape index (κ1) is 11.2. The zero-order valence-corrected chi connectivity index (χ0v) is 8.73. The largest absolute Gasteiger partial charge is 0.385 e. The van der Waals surface area contributed by atoms with Gasteiger partial charge in [0.2, 0.25) is 0 Å². The van der Waals surface area contributed by atoms with Crippen LogP contribution in [0.25, 0.3) is 0 Å². The fraction of sp³-hybridized carbons (Fsp3) is 0.667. The van der Waals surface area contributed by atoms with Crippen LogP contribution >= 0.6 is 0 Å². The Labute approximate surface area is 84.2 Å². The lowest BCUT2D eigenvalue weighted by molar-refractivity contribution is 0.188. The standard InChI is InChI=1S/C9H18N4O/c1-13-9(5-6-11-13)8(12-10)4-3-7-14-2/h5-6,8,12H,3-4,7,10H2,1-2H3. The molecule has 1 aromatic heterocycles. The molecule has 0 aliphatic rings. The number of rotatable bonds is 6. The number of nitrogens with one attached hydrogen (secondary N) is 1. The van der Waals surface area contributed by atoms with E-state index in [2.05, 4.69) is 10.5 Å². The number of aryl methyl sites for hydroxylation is 1. The third kappa shape index (κ3) is 2.80. The van der Waals surface area contributed by atoms with Crippen LogP contribution in [0.2, 0.25) is 0 Å². The second kappa shape index (κ2) is 5.74. The lowest BCUT2D eigenvalue weighted by atomic mass is 10.1. The molecule has 0 saturated carbocycles. The summed E-state index contributed by atoms with van der Waals surface area (Å²) in [5.41, 5.74) is 3.89. The van der Waals surface area contributed by atoms with Crippen molar-refractivity contribution in [2.75, 3.05) is 13.7 Å². The third-order valence-electron chi connectivity index (χ3n) is 2.26.